The highest BCUT2D eigenvalue weighted by Gasteiger charge is 2.44. The normalized spacial score (nSPS) is 24.3. The first-order valence-electron chi connectivity index (χ1n) is 11.8. The molecule has 3 aromatic rings. The third-order valence-corrected chi connectivity index (χ3v) is 6.70. The lowest BCUT2D eigenvalue weighted by atomic mass is 9.90. The molecule has 1 heterocycles. The van der Waals surface area contributed by atoms with Crippen LogP contribution in [0.5, 0.6) is 5.75 Å². The Kier molecular flexibility index (Phi) is 8.78. The summed E-state index contributed by atoms with van der Waals surface area (Å²) in [5.41, 5.74) is 3.78. The van der Waals surface area contributed by atoms with Crippen LogP contribution in [0.25, 0.3) is 0 Å². The van der Waals surface area contributed by atoms with Gasteiger partial charge in [-0.1, -0.05) is 66.2 Å². The zero-order valence-electron chi connectivity index (χ0n) is 19.3. The molecule has 0 bridgehead atoms. The maximum atomic E-state index is 10.4. The first-order chi connectivity index (χ1) is 17.0. The number of hydrogen-bond donors (Lipinski definition) is 4. The lowest BCUT2D eigenvalue weighted by Crippen LogP contribution is -2.55. The molecule has 0 aliphatic carbocycles. The Labute approximate surface area is 210 Å². The maximum Gasteiger partial charge on any atom is 0.119 e. The smallest absolute Gasteiger partial charge is 0.119 e. The quantitative estimate of drug-likeness (QED) is 0.337. The molecule has 7 heteroatoms. The van der Waals surface area contributed by atoms with Gasteiger partial charge in [0, 0.05) is 5.02 Å². The molecule has 0 unspecified atom stereocenters. The van der Waals surface area contributed by atoms with Crippen LogP contribution < -0.4 is 4.74 Å². The second-order valence-corrected chi connectivity index (χ2v) is 9.27. The highest BCUT2D eigenvalue weighted by molar-refractivity contribution is 6.31. The summed E-state index contributed by atoms with van der Waals surface area (Å²) in [7, 11) is 0. The van der Waals surface area contributed by atoms with Crippen molar-refractivity contribution in [3.05, 3.63) is 100 Å². The zero-order valence-corrected chi connectivity index (χ0v) is 20.1. The average molecular weight is 499 g/mol. The molecule has 186 valence electrons. The number of rotatable bonds is 9. The van der Waals surface area contributed by atoms with Gasteiger partial charge in [-0.25, -0.2) is 0 Å². The third kappa shape index (κ3) is 6.41. The van der Waals surface area contributed by atoms with Gasteiger partial charge in [-0.2, -0.15) is 0 Å². The molecule has 35 heavy (non-hydrogen) atoms. The fraction of sp³-hybridized carbons (Fsp3) is 0.357. The van der Waals surface area contributed by atoms with Crippen molar-refractivity contribution in [2.75, 3.05) is 13.2 Å². The standard InChI is InChI=1S/C28H31ClO6/c29-23-13-10-20(28-27(33)26(32)25(31)24(17-30)35-28)16-21(23)15-19-8-11-22(12-9-19)34-14-4-7-18-5-2-1-3-6-18/h1-3,5-6,8-13,16,24-28,30-33H,4,7,14-15,17H2/t24-,25-,26+,27-,28+/m1/s1. The largest absolute Gasteiger partial charge is 0.494 e. The van der Waals surface area contributed by atoms with Crippen LogP contribution in [0.3, 0.4) is 0 Å². The first kappa shape index (κ1) is 25.6. The van der Waals surface area contributed by atoms with Crippen LogP contribution in [-0.4, -0.2) is 58.1 Å². The molecule has 0 amide bonds. The molecule has 0 saturated carbocycles. The number of aliphatic hydroxyl groups excluding tert-OH is 4. The average Bonchev–Trinajstić information content (AvgIpc) is 2.88. The van der Waals surface area contributed by atoms with Crippen molar-refractivity contribution in [2.24, 2.45) is 0 Å². The van der Waals surface area contributed by atoms with Crippen molar-refractivity contribution in [1.29, 1.82) is 0 Å². The summed E-state index contributed by atoms with van der Waals surface area (Å²) in [6.45, 7) is 0.170. The highest BCUT2D eigenvalue weighted by Crippen LogP contribution is 2.34. The third-order valence-electron chi connectivity index (χ3n) is 6.33. The van der Waals surface area contributed by atoms with Gasteiger partial charge in [-0.15, -0.1) is 0 Å². The van der Waals surface area contributed by atoms with Crippen molar-refractivity contribution in [2.45, 2.75) is 49.8 Å². The lowest BCUT2D eigenvalue weighted by Gasteiger charge is -2.40. The number of benzene rings is 3. The Balaban J connectivity index is 1.37. The monoisotopic (exact) mass is 498 g/mol. The van der Waals surface area contributed by atoms with Crippen LogP contribution in [0.4, 0.5) is 0 Å². The summed E-state index contributed by atoms with van der Waals surface area (Å²) in [6.07, 6.45) is -3.54. The minimum absolute atomic E-state index is 0.470. The van der Waals surface area contributed by atoms with Crippen LogP contribution >= 0.6 is 11.6 Å². The minimum atomic E-state index is -1.43. The molecule has 1 saturated heterocycles. The molecule has 4 N–H and O–H groups in total. The van der Waals surface area contributed by atoms with Gasteiger partial charge < -0.3 is 29.9 Å². The molecule has 1 fully saturated rings. The van der Waals surface area contributed by atoms with E-state index < -0.39 is 37.1 Å². The SMILES string of the molecule is OC[C@H]1O[C@@H](c2ccc(Cl)c(Cc3ccc(OCCCc4ccccc4)cc3)c2)[C@H](O)[C@@H](O)[C@@H]1O. The number of aryl methyl sites for hydroxylation is 1. The van der Waals surface area contributed by atoms with Crippen LogP contribution in [-0.2, 0) is 17.6 Å². The molecular formula is C28H31ClO6. The fourth-order valence-electron chi connectivity index (χ4n) is 4.32. The van der Waals surface area contributed by atoms with Gasteiger partial charge in [-0.3, -0.25) is 0 Å². The Morgan fingerprint density at radius 2 is 1.57 bits per heavy atom. The van der Waals surface area contributed by atoms with Crippen molar-refractivity contribution < 1.29 is 29.9 Å². The van der Waals surface area contributed by atoms with E-state index in [1.807, 2.05) is 48.5 Å². The van der Waals surface area contributed by atoms with E-state index in [4.69, 9.17) is 21.1 Å². The van der Waals surface area contributed by atoms with E-state index >= 15 is 0 Å². The van der Waals surface area contributed by atoms with E-state index in [1.54, 1.807) is 12.1 Å². The van der Waals surface area contributed by atoms with Crippen molar-refractivity contribution in [3.63, 3.8) is 0 Å². The molecule has 1 aliphatic heterocycles. The topological polar surface area (TPSA) is 99.4 Å². The van der Waals surface area contributed by atoms with Crippen molar-refractivity contribution in [1.82, 2.24) is 0 Å². The molecule has 0 radical (unpaired) electrons. The summed E-state index contributed by atoms with van der Waals surface area (Å²) < 4.78 is 11.6. The predicted molar refractivity (Wildman–Crippen MR) is 134 cm³/mol. The molecule has 0 spiro atoms. The van der Waals surface area contributed by atoms with Gasteiger partial charge in [0.15, 0.2) is 0 Å². The number of aliphatic hydroxyl groups is 4. The van der Waals surface area contributed by atoms with E-state index in [0.717, 1.165) is 29.7 Å². The van der Waals surface area contributed by atoms with Gasteiger partial charge in [0.25, 0.3) is 0 Å². The zero-order chi connectivity index (χ0) is 24.8. The van der Waals surface area contributed by atoms with Gasteiger partial charge >= 0.3 is 0 Å². The molecule has 0 aromatic heterocycles. The van der Waals surface area contributed by atoms with Crippen LogP contribution in [0.2, 0.25) is 5.02 Å². The molecule has 6 nitrogen and oxygen atoms in total. The number of hydrogen-bond acceptors (Lipinski definition) is 6. The molecule has 1 aliphatic rings. The predicted octanol–water partition coefficient (Wildman–Crippen LogP) is 3.46. The Bertz CT molecular complexity index is 1070. The highest BCUT2D eigenvalue weighted by atomic mass is 35.5. The van der Waals surface area contributed by atoms with E-state index in [0.29, 0.717) is 23.6 Å². The molecule has 3 aromatic carbocycles. The Morgan fingerprint density at radius 3 is 2.29 bits per heavy atom. The second-order valence-electron chi connectivity index (χ2n) is 8.86. The van der Waals surface area contributed by atoms with E-state index in [2.05, 4.69) is 12.1 Å². The first-order valence-corrected chi connectivity index (χ1v) is 12.2. The van der Waals surface area contributed by atoms with Crippen LogP contribution in [0.1, 0.15) is 34.8 Å². The molecule has 5 atom stereocenters. The minimum Gasteiger partial charge on any atom is -0.494 e. The van der Waals surface area contributed by atoms with Crippen molar-refractivity contribution in [3.8, 4) is 5.75 Å². The van der Waals surface area contributed by atoms with Gasteiger partial charge in [0.1, 0.15) is 36.3 Å². The fourth-order valence-corrected chi connectivity index (χ4v) is 4.50. The van der Waals surface area contributed by atoms with Gasteiger partial charge in [-0.05, 0) is 59.7 Å². The van der Waals surface area contributed by atoms with E-state index in [-0.39, 0.29) is 0 Å². The number of ether oxygens (including phenoxy) is 2. The Morgan fingerprint density at radius 1 is 0.829 bits per heavy atom. The molecular weight excluding hydrogens is 468 g/mol. The van der Waals surface area contributed by atoms with E-state index in [1.165, 1.54) is 5.56 Å². The van der Waals surface area contributed by atoms with Gasteiger partial charge in [0.05, 0.1) is 13.2 Å². The van der Waals surface area contributed by atoms with E-state index in [9.17, 15) is 20.4 Å². The van der Waals surface area contributed by atoms with Crippen LogP contribution in [0, 0.1) is 0 Å². The summed E-state index contributed by atoms with van der Waals surface area (Å²) in [5.74, 6) is 0.808. The van der Waals surface area contributed by atoms with Crippen molar-refractivity contribution >= 4 is 11.6 Å². The molecule has 4 rings (SSSR count). The summed E-state index contributed by atoms with van der Waals surface area (Å²) in [5, 5.41) is 40.6. The second kappa shape index (κ2) is 12.0. The lowest BCUT2D eigenvalue weighted by molar-refractivity contribution is -0.231. The van der Waals surface area contributed by atoms with Crippen LogP contribution in [0.15, 0.2) is 72.8 Å². The van der Waals surface area contributed by atoms with Gasteiger partial charge in [0.2, 0.25) is 0 Å². The summed E-state index contributed by atoms with van der Waals surface area (Å²) in [6, 6.07) is 23.4. The summed E-state index contributed by atoms with van der Waals surface area (Å²) >= 11 is 6.44. The summed E-state index contributed by atoms with van der Waals surface area (Å²) in [4.78, 5) is 0. The number of halogens is 1. The Hall–Kier alpha value is -2.45. The maximum absolute atomic E-state index is 10.4.